The minimum absolute atomic E-state index is 0.208. The van der Waals surface area contributed by atoms with Gasteiger partial charge in [-0.2, -0.15) is 5.01 Å². The number of hydrogen-bond acceptors (Lipinski definition) is 5. The van der Waals surface area contributed by atoms with E-state index in [0.717, 1.165) is 4.47 Å². The molecule has 0 aliphatic carbocycles. The third-order valence-corrected chi connectivity index (χ3v) is 6.53. The standard InChI is InChI=1S/C17H15BrN4O3S/c1-20(2)17-21(16(23)11-6-5-7-12(18)10-11)19-15-13-8-3-4-9-14(13)26(24,25)22(15)17/h3-10,17H,1-2H3. The molecule has 4 rings (SSSR count). The fraction of sp³-hybridized carbons (Fsp3) is 0.176. The van der Waals surface area contributed by atoms with Gasteiger partial charge in [-0.1, -0.05) is 34.1 Å². The van der Waals surface area contributed by atoms with Crippen molar-refractivity contribution in [2.75, 3.05) is 14.1 Å². The highest BCUT2D eigenvalue weighted by Gasteiger charge is 2.52. The Labute approximate surface area is 159 Å². The SMILES string of the molecule is CN(C)C1N(C(=O)c2cccc(Br)c2)N=C2c3ccccc3S(=O)(=O)N21. The first kappa shape index (κ1) is 17.2. The second kappa shape index (κ2) is 5.90. The normalized spacial score (nSPS) is 20.2. The summed E-state index contributed by atoms with van der Waals surface area (Å²) < 4.78 is 28.0. The summed E-state index contributed by atoms with van der Waals surface area (Å²) in [5, 5.41) is 5.60. The van der Waals surface area contributed by atoms with E-state index in [1.54, 1.807) is 61.5 Å². The molecule has 0 fully saturated rings. The molecule has 2 aliphatic rings. The van der Waals surface area contributed by atoms with E-state index in [1.807, 2.05) is 6.07 Å². The molecule has 1 amide bonds. The first-order valence-corrected chi connectivity index (χ1v) is 10.0. The molecule has 0 N–H and O–H groups in total. The van der Waals surface area contributed by atoms with Gasteiger partial charge < -0.3 is 0 Å². The maximum atomic E-state index is 13.0. The van der Waals surface area contributed by atoms with E-state index in [1.165, 1.54) is 9.31 Å². The van der Waals surface area contributed by atoms with Crippen molar-refractivity contribution < 1.29 is 13.2 Å². The molecule has 2 aromatic carbocycles. The van der Waals surface area contributed by atoms with Crippen molar-refractivity contribution in [3.63, 3.8) is 0 Å². The van der Waals surface area contributed by atoms with Crippen LogP contribution < -0.4 is 0 Å². The Balaban J connectivity index is 1.86. The van der Waals surface area contributed by atoms with Gasteiger partial charge in [0.25, 0.3) is 15.9 Å². The minimum Gasteiger partial charge on any atom is -0.270 e. The second-order valence-corrected chi connectivity index (χ2v) is 8.89. The Morgan fingerprint density at radius 1 is 1.15 bits per heavy atom. The summed E-state index contributed by atoms with van der Waals surface area (Å²) in [7, 11) is -0.354. The molecule has 2 heterocycles. The molecule has 2 aliphatic heterocycles. The van der Waals surface area contributed by atoms with Crippen molar-refractivity contribution in [1.82, 2.24) is 14.2 Å². The van der Waals surface area contributed by atoms with Crippen LogP contribution in [0, 0.1) is 0 Å². The van der Waals surface area contributed by atoms with E-state index < -0.39 is 16.3 Å². The molecule has 0 saturated heterocycles. The number of amidine groups is 1. The van der Waals surface area contributed by atoms with Crippen LogP contribution in [0.15, 0.2) is 63.0 Å². The lowest BCUT2D eigenvalue weighted by atomic mass is 10.2. The van der Waals surface area contributed by atoms with E-state index in [9.17, 15) is 13.2 Å². The maximum absolute atomic E-state index is 13.0. The highest BCUT2D eigenvalue weighted by Crippen LogP contribution is 2.38. The summed E-state index contributed by atoms with van der Waals surface area (Å²) in [6.07, 6.45) is -0.867. The van der Waals surface area contributed by atoms with Gasteiger partial charge in [0.2, 0.25) is 0 Å². The van der Waals surface area contributed by atoms with Gasteiger partial charge in [0.1, 0.15) is 0 Å². The van der Waals surface area contributed by atoms with Gasteiger partial charge in [0, 0.05) is 15.6 Å². The predicted molar refractivity (Wildman–Crippen MR) is 99.8 cm³/mol. The lowest BCUT2D eigenvalue weighted by molar-refractivity contribution is 0.0341. The lowest BCUT2D eigenvalue weighted by Crippen LogP contribution is -2.53. The van der Waals surface area contributed by atoms with Crippen LogP contribution in [0.5, 0.6) is 0 Å². The van der Waals surface area contributed by atoms with Crippen molar-refractivity contribution in [3.8, 4) is 0 Å². The van der Waals surface area contributed by atoms with E-state index >= 15 is 0 Å². The number of hydrogen-bond donors (Lipinski definition) is 0. The zero-order valence-corrected chi connectivity index (χ0v) is 16.4. The number of nitrogens with zero attached hydrogens (tertiary/aromatic N) is 4. The fourth-order valence-corrected chi connectivity index (χ4v) is 5.32. The van der Waals surface area contributed by atoms with Crippen LogP contribution in [0.2, 0.25) is 0 Å². The van der Waals surface area contributed by atoms with Crippen LogP contribution in [0.4, 0.5) is 0 Å². The summed E-state index contributed by atoms with van der Waals surface area (Å²) in [5.41, 5.74) is 0.923. The molecule has 9 heteroatoms. The average molecular weight is 435 g/mol. The third-order valence-electron chi connectivity index (χ3n) is 4.25. The van der Waals surface area contributed by atoms with Crippen molar-refractivity contribution in [1.29, 1.82) is 0 Å². The monoisotopic (exact) mass is 434 g/mol. The van der Waals surface area contributed by atoms with Crippen LogP contribution in [0.3, 0.4) is 0 Å². The number of sulfonamides is 1. The Morgan fingerprint density at radius 3 is 2.58 bits per heavy atom. The quantitative estimate of drug-likeness (QED) is 0.725. The molecule has 0 radical (unpaired) electrons. The zero-order valence-electron chi connectivity index (χ0n) is 14.0. The second-order valence-electron chi connectivity index (χ2n) is 6.19. The third kappa shape index (κ3) is 2.38. The lowest BCUT2D eigenvalue weighted by Gasteiger charge is -2.32. The first-order valence-electron chi connectivity index (χ1n) is 7.80. The Kier molecular flexibility index (Phi) is 3.90. The largest absolute Gasteiger partial charge is 0.277 e. The van der Waals surface area contributed by atoms with Crippen LogP contribution in [-0.4, -0.2) is 54.8 Å². The molecule has 0 spiro atoms. The van der Waals surface area contributed by atoms with Crippen molar-refractivity contribution >= 4 is 37.7 Å². The molecule has 7 nitrogen and oxygen atoms in total. The number of hydrazone groups is 1. The Bertz CT molecular complexity index is 1050. The van der Waals surface area contributed by atoms with E-state index in [0.29, 0.717) is 11.1 Å². The van der Waals surface area contributed by atoms with Gasteiger partial charge in [0.15, 0.2) is 12.1 Å². The molecular formula is C17H15BrN4O3S. The molecule has 1 unspecified atom stereocenters. The first-order chi connectivity index (χ1) is 12.3. The Hall–Kier alpha value is -2.23. The Morgan fingerprint density at radius 2 is 1.88 bits per heavy atom. The van der Waals surface area contributed by atoms with E-state index in [4.69, 9.17) is 0 Å². The van der Waals surface area contributed by atoms with Gasteiger partial charge >= 0.3 is 0 Å². The predicted octanol–water partition coefficient (Wildman–Crippen LogP) is 2.12. The summed E-state index contributed by atoms with van der Waals surface area (Å²) in [5.74, 6) is -0.109. The van der Waals surface area contributed by atoms with Gasteiger partial charge in [-0.05, 0) is 44.4 Å². The molecule has 0 aromatic heterocycles. The molecular weight excluding hydrogens is 420 g/mol. The highest BCUT2D eigenvalue weighted by atomic mass is 79.9. The number of halogens is 1. The summed E-state index contributed by atoms with van der Waals surface area (Å²) in [4.78, 5) is 14.9. The average Bonchev–Trinajstić information content (AvgIpc) is 3.10. The van der Waals surface area contributed by atoms with Gasteiger partial charge in [0.05, 0.1) is 4.90 Å². The smallest absolute Gasteiger partial charge is 0.270 e. The van der Waals surface area contributed by atoms with Crippen molar-refractivity contribution in [2.24, 2.45) is 5.10 Å². The number of rotatable bonds is 2. The van der Waals surface area contributed by atoms with Gasteiger partial charge in [-0.3, -0.25) is 9.69 Å². The van der Waals surface area contributed by atoms with Gasteiger partial charge in [-0.15, -0.1) is 5.10 Å². The fourth-order valence-electron chi connectivity index (χ4n) is 3.13. The molecule has 0 bridgehead atoms. The molecule has 1 atom stereocenters. The highest BCUT2D eigenvalue weighted by molar-refractivity contribution is 9.10. The zero-order chi connectivity index (χ0) is 18.6. The summed E-state index contributed by atoms with van der Waals surface area (Å²) in [6, 6.07) is 13.6. The number of fused-ring (bicyclic) bond motifs is 3. The molecule has 0 saturated carbocycles. The van der Waals surface area contributed by atoms with Crippen LogP contribution >= 0.6 is 15.9 Å². The van der Waals surface area contributed by atoms with E-state index in [2.05, 4.69) is 21.0 Å². The van der Waals surface area contributed by atoms with Crippen LogP contribution in [-0.2, 0) is 10.0 Å². The van der Waals surface area contributed by atoms with Crippen molar-refractivity contribution in [2.45, 2.75) is 11.2 Å². The van der Waals surface area contributed by atoms with Gasteiger partial charge in [-0.25, -0.2) is 12.7 Å². The van der Waals surface area contributed by atoms with Crippen molar-refractivity contribution in [3.05, 3.63) is 64.1 Å². The topological polar surface area (TPSA) is 73.3 Å². The van der Waals surface area contributed by atoms with Crippen LogP contribution in [0.1, 0.15) is 15.9 Å². The van der Waals surface area contributed by atoms with E-state index in [-0.39, 0.29) is 16.6 Å². The summed E-state index contributed by atoms with van der Waals surface area (Å²) in [6.45, 7) is 0. The number of carbonyl (C=O) groups excluding carboxylic acids is 1. The minimum atomic E-state index is -3.78. The van der Waals surface area contributed by atoms with Crippen LogP contribution in [0.25, 0.3) is 0 Å². The number of benzene rings is 2. The molecule has 2 aromatic rings. The molecule has 26 heavy (non-hydrogen) atoms. The molecule has 134 valence electrons. The number of amides is 1. The number of carbonyl (C=O) groups is 1. The summed E-state index contributed by atoms with van der Waals surface area (Å²) >= 11 is 3.35. The maximum Gasteiger partial charge on any atom is 0.277 e.